The smallest absolute Gasteiger partial charge is 0.267 e. The number of halogens is 1. The largest absolute Gasteiger partial charge is 0.275 e. The number of hydrogen-bond donors (Lipinski definition) is 1. The Labute approximate surface area is 178 Å². The summed E-state index contributed by atoms with van der Waals surface area (Å²) in [5.41, 5.74) is 3.70. The number of benzene rings is 2. The quantitative estimate of drug-likeness (QED) is 0.461. The first-order chi connectivity index (χ1) is 14.5. The third-order valence-electron chi connectivity index (χ3n) is 4.67. The van der Waals surface area contributed by atoms with E-state index in [1.165, 1.54) is 16.8 Å². The third kappa shape index (κ3) is 4.39. The lowest BCUT2D eigenvalue weighted by molar-refractivity contribution is 0.614. The number of thiol groups is 1. The lowest BCUT2D eigenvalue weighted by atomic mass is 9.96. The zero-order chi connectivity index (χ0) is 21.1. The lowest BCUT2D eigenvalue weighted by Crippen LogP contribution is -2.25. The van der Waals surface area contributed by atoms with E-state index < -0.39 is 10.7 Å². The minimum atomic E-state index is -2.52. The van der Waals surface area contributed by atoms with Crippen molar-refractivity contribution in [2.24, 2.45) is 0 Å². The first-order valence-electron chi connectivity index (χ1n) is 9.09. The van der Waals surface area contributed by atoms with E-state index in [1.807, 2.05) is 16.8 Å². The van der Waals surface area contributed by atoms with Crippen molar-refractivity contribution in [1.82, 2.24) is 9.78 Å². The van der Waals surface area contributed by atoms with E-state index in [2.05, 4.69) is 5.10 Å². The second-order valence-corrected chi connectivity index (χ2v) is 8.48. The van der Waals surface area contributed by atoms with Gasteiger partial charge >= 0.3 is 0 Å². The summed E-state index contributed by atoms with van der Waals surface area (Å²) in [5.74, 6) is -0.426. The molecule has 2 aromatic carbocycles. The molecule has 0 radical (unpaired) electrons. The molecule has 0 unspecified atom stereocenters. The fourth-order valence-corrected chi connectivity index (χ4v) is 4.38. The Morgan fingerprint density at radius 2 is 1.63 bits per heavy atom. The van der Waals surface area contributed by atoms with Crippen LogP contribution in [0.1, 0.15) is 11.1 Å². The normalized spacial score (nSPS) is 11.1. The van der Waals surface area contributed by atoms with Crippen LogP contribution in [0.3, 0.4) is 0 Å². The average molecular weight is 441 g/mol. The highest BCUT2D eigenvalue weighted by atomic mass is 32.2. The molecule has 0 fully saturated rings. The maximum absolute atomic E-state index is 13.5. The highest BCUT2D eigenvalue weighted by Crippen LogP contribution is 2.29. The van der Waals surface area contributed by atoms with Crippen LogP contribution in [0.15, 0.2) is 76.3 Å². The molecule has 0 aliphatic heterocycles. The summed E-state index contributed by atoms with van der Waals surface area (Å²) < 4.78 is 36.8. The van der Waals surface area contributed by atoms with Gasteiger partial charge in [0, 0.05) is 5.56 Å². The second kappa shape index (κ2) is 8.73. The van der Waals surface area contributed by atoms with Crippen LogP contribution in [-0.4, -0.2) is 18.2 Å². The molecule has 2 aromatic heterocycles. The molecule has 2 heterocycles. The second-order valence-electron chi connectivity index (χ2n) is 6.72. The Morgan fingerprint density at radius 1 is 0.933 bits per heavy atom. The molecular formula is C22H17FN2O3S2. The van der Waals surface area contributed by atoms with Gasteiger partial charge in [0.25, 0.3) is 5.56 Å². The van der Waals surface area contributed by atoms with Crippen LogP contribution in [0.2, 0.25) is 0 Å². The molecule has 0 bridgehead atoms. The Kier molecular flexibility index (Phi) is 5.87. The Morgan fingerprint density at radius 3 is 2.27 bits per heavy atom. The summed E-state index contributed by atoms with van der Waals surface area (Å²) in [6.07, 6.45) is 1.62. The Hall–Kier alpha value is -3.10. The van der Waals surface area contributed by atoms with E-state index in [0.717, 1.165) is 11.1 Å². The number of rotatable bonds is 6. The van der Waals surface area contributed by atoms with E-state index >= 15 is 0 Å². The van der Waals surface area contributed by atoms with Crippen LogP contribution < -0.4 is 5.56 Å². The Balaban J connectivity index is 1.84. The first kappa shape index (κ1) is 20.2. The number of thiophene rings is 1. The van der Waals surface area contributed by atoms with Gasteiger partial charge in [-0.05, 0) is 51.2 Å². The summed E-state index contributed by atoms with van der Waals surface area (Å²) in [7, 11) is -2.52. The van der Waals surface area contributed by atoms with Gasteiger partial charge in [-0.1, -0.05) is 36.4 Å². The van der Waals surface area contributed by atoms with Gasteiger partial charge in [-0.2, -0.15) is 16.4 Å². The summed E-state index contributed by atoms with van der Waals surface area (Å²) in [4.78, 5) is 13.3. The zero-order valence-electron chi connectivity index (χ0n) is 15.7. The Bertz CT molecular complexity index is 1290. The molecular weight excluding hydrogens is 423 g/mol. The van der Waals surface area contributed by atoms with E-state index in [4.69, 9.17) is 0 Å². The number of nitrogens with zero attached hydrogens (tertiary/aromatic N) is 2. The minimum absolute atomic E-state index is 0.0408. The van der Waals surface area contributed by atoms with Crippen LogP contribution >= 0.6 is 11.3 Å². The van der Waals surface area contributed by atoms with Crippen LogP contribution in [0, 0.1) is 5.82 Å². The summed E-state index contributed by atoms with van der Waals surface area (Å²) in [6, 6.07) is 14.7. The number of hydrogen-bond acceptors (Lipinski definition) is 5. The molecule has 0 N–H and O–H groups in total. The van der Waals surface area contributed by atoms with E-state index in [-0.39, 0.29) is 17.1 Å². The van der Waals surface area contributed by atoms with Crippen molar-refractivity contribution in [3.63, 3.8) is 0 Å². The van der Waals surface area contributed by atoms with E-state index in [0.29, 0.717) is 28.8 Å². The molecule has 8 heteroatoms. The van der Waals surface area contributed by atoms with Gasteiger partial charge in [0.05, 0.1) is 24.1 Å². The maximum Gasteiger partial charge on any atom is 0.275 e. The number of aromatic nitrogens is 2. The van der Waals surface area contributed by atoms with Crippen LogP contribution in [0.5, 0.6) is 0 Å². The van der Waals surface area contributed by atoms with Crippen molar-refractivity contribution in [2.45, 2.75) is 12.3 Å². The van der Waals surface area contributed by atoms with Crippen LogP contribution in [0.4, 0.5) is 4.39 Å². The predicted octanol–water partition coefficient (Wildman–Crippen LogP) is 3.94. The highest BCUT2D eigenvalue weighted by molar-refractivity contribution is 7.71. The van der Waals surface area contributed by atoms with Crippen molar-refractivity contribution in [2.75, 3.05) is 0 Å². The van der Waals surface area contributed by atoms with Crippen LogP contribution in [-0.2, 0) is 23.0 Å². The molecule has 0 atom stereocenters. The monoisotopic (exact) mass is 440 g/mol. The van der Waals surface area contributed by atoms with Crippen molar-refractivity contribution in [3.05, 3.63) is 98.9 Å². The molecule has 30 heavy (non-hydrogen) atoms. The average Bonchev–Trinajstić information content (AvgIpc) is 3.24. The highest BCUT2D eigenvalue weighted by Gasteiger charge is 2.16. The molecule has 0 aliphatic carbocycles. The topological polar surface area (TPSA) is 69.0 Å². The van der Waals surface area contributed by atoms with Gasteiger partial charge in [0.15, 0.2) is 0 Å². The van der Waals surface area contributed by atoms with E-state index in [1.54, 1.807) is 53.9 Å². The van der Waals surface area contributed by atoms with Gasteiger partial charge in [0.1, 0.15) is 16.5 Å². The molecule has 5 nitrogen and oxygen atoms in total. The fourth-order valence-electron chi connectivity index (χ4n) is 3.21. The van der Waals surface area contributed by atoms with Crippen molar-refractivity contribution in [3.8, 4) is 22.3 Å². The molecule has 152 valence electrons. The van der Waals surface area contributed by atoms with Gasteiger partial charge in [-0.15, -0.1) is 0 Å². The summed E-state index contributed by atoms with van der Waals surface area (Å²) >= 11 is 1.54. The van der Waals surface area contributed by atoms with Gasteiger partial charge in [0.2, 0.25) is 0 Å². The first-order valence-corrected chi connectivity index (χ1v) is 11.4. The fraction of sp³-hybridized carbons (Fsp3) is 0.0909. The standard InChI is InChI=1S/C22H17FN2O3S2/c23-19-7-5-18(6-8-19)21-20(17-3-1-15(2-4-17)14-30(27)28)11-24-25(22(21)26)12-16-9-10-29-13-16/h1-11,13,30H,12,14H2. The summed E-state index contributed by atoms with van der Waals surface area (Å²) in [5, 5.41) is 8.24. The minimum Gasteiger partial charge on any atom is -0.267 e. The molecule has 0 saturated carbocycles. The maximum atomic E-state index is 13.5. The van der Waals surface area contributed by atoms with Crippen molar-refractivity contribution >= 4 is 22.0 Å². The SMILES string of the molecule is O=c1c(-c2ccc(F)cc2)c(-c2ccc(C[SH](=O)=O)cc2)cnn1Cc1ccsc1. The third-order valence-corrected chi connectivity index (χ3v) is 6.02. The molecule has 0 spiro atoms. The van der Waals surface area contributed by atoms with Gasteiger partial charge in [-0.25, -0.2) is 17.5 Å². The lowest BCUT2D eigenvalue weighted by Gasteiger charge is -2.13. The molecule has 0 aliphatic rings. The predicted molar refractivity (Wildman–Crippen MR) is 117 cm³/mol. The molecule has 4 aromatic rings. The molecule has 0 amide bonds. The zero-order valence-corrected chi connectivity index (χ0v) is 17.4. The summed E-state index contributed by atoms with van der Waals surface area (Å²) in [6.45, 7) is 0.340. The van der Waals surface area contributed by atoms with Crippen molar-refractivity contribution < 1.29 is 12.8 Å². The molecule has 4 rings (SSSR count). The van der Waals surface area contributed by atoms with Gasteiger partial charge in [-0.3, -0.25) is 4.79 Å². The van der Waals surface area contributed by atoms with E-state index in [9.17, 15) is 17.6 Å². The van der Waals surface area contributed by atoms with Crippen LogP contribution in [0.25, 0.3) is 22.3 Å². The van der Waals surface area contributed by atoms with Gasteiger partial charge < -0.3 is 0 Å². The molecule has 0 saturated heterocycles. The van der Waals surface area contributed by atoms with Crippen molar-refractivity contribution in [1.29, 1.82) is 0 Å².